The number of rotatable bonds is 3. The molecule has 0 unspecified atom stereocenters. The smallest absolute Gasteiger partial charge is 0.446 e. The summed E-state index contributed by atoms with van der Waals surface area (Å²) in [6.07, 6.45) is 0. The molecule has 0 aliphatic rings. The Hall–Kier alpha value is -1.74. The average Bonchev–Trinajstić information content (AvgIpc) is 2.51. The Labute approximate surface area is 172 Å². The average molecular weight is 480 g/mol. The van der Waals surface area contributed by atoms with Crippen LogP contribution in [0.15, 0.2) is 33.6 Å². The van der Waals surface area contributed by atoms with Crippen LogP contribution >= 0.6 is 27.7 Å². The molecular formula is C19H18BrF4NO2S. The fraction of sp³-hybridized carbons (Fsp3) is 0.316. The first kappa shape index (κ1) is 22.5. The van der Waals surface area contributed by atoms with Crippen LogP contribution in [0.5, 0.6) is 5.75 Å². The number of alkyl halides is 3. The van der Waals surface area contributed by atoms with Crippen molar-refractivity contribution < 1.29 is 27.5 Å². The maximum atomic E-state index is 14.3. The van der Waals surface area contributed by atoms with E-state index >= 15 is 0 Å². The van der Waals surface area contributed by atoms with Crippen molar-refractivity contribution in [3.63, 3.8) is 0 Å². The molecule has 0 bridgehead atoms. The summed E-state index contributed by atoms with van der Waals surface area (Å²) in [7, 11) is 0. The molecule has 2 N–H and O–H groups in total. The van der Waals surface area contributed by atoms with E-state index in [1.165, 1.54) is 31.2 Å². The molecule has 0 radical (unpaired) electrons. The Morgan fingerprint density at radius 2 is 1.79 bits per heavy atom. The lowest BCUT2D eigenvalue weighted by Gasteiger charge is -2.23. The minimum Gasteiger partial charge on any atom is -0.507 e. The minimum absolute atomic E-state index is 0.0247. The van der Waals surface area contributed by atoms with Gasteiger partial charge in [0.05, 0.1) is 11.3 Å². The first-order valence-electron chi connectivity index (χ1n) is 8.10. The van der Waals surface area contributed by atoms with E-state index in [2.05, 4.69) is 21.2 Å². The van der Waals surface area contributed by atoms with Crippen molar-refractivity contribution in [2.75, 3.05) is 5.32 Å². The highest BCUT2D eigenvalue weighted by molar-refractivity contribution is 9.10. The SMILES string of the molecule is Cc1c(F)cc(C(C)(C)C)c(O)c1C(=O)Nc1ccc(SC(F)(F)F)cc1Br. The van der Waals surface area contributed by atoms with E-state index in [4.69, 9.17) is 0 Å². The van der Waals surface area contributed by atoms with Gasteiger partial charge in [-0.2, -0.15) is 13.2 Å². The van der Waals surface area contributed by atoms with Crippen LogP contribution in [0, 0.1) is 12.7 Å². The molecule has 3 nitrogen and oxygen atoms in total. The van der Waals surface area contributed by atoms with Crippen LogP contribution in [-0.4, -0.2) is 16.5 Å². The van der Waals surface area contributed by atoms with E-state index in [9.17, 15) is 27.5 Å². The lowest BCUT2D eigenvalue weighted by molar-refractivity contribution is -0.0328. The molecule has 0 aliphatic carbocycles. The molecule has 2 aromatic carbocycles. The monoisotopic (exact) mass is 479 g/mol. The summed E-state index contributed by atoms with van der Waals surface area (Å²) >= 11 is 2.84. The number of hydrogen-bond acceptors (Lipinski definition) is 3. The summed E-state index contributed by atoms with van der Waals surface area (Å²) in [5.41, 5.74) is -4.81. The first-order valence-corrected chi connectivity index (χ1v) is 9.71. The predicted octanol–water partition coefficient (Wildman–Crippen LogP) is 6.76. The Balaban J connectivity index is 2.40. The van der Waals surface area contributed by atoms with Gasteiger partial charge in [0.15, 0.2) is 0 Å². The number of phenolic OH excluding ortho intramolecular Hbond substituents is 1. The van der Waals surface area contributed by atoms with Gasteiger partial charge >= 0.3 is 5.51 Å². The van der Waals surface area contributed by atoms with Crippen molar-refractivity contribution in [3.05, 3.63) is 51.2 Å². The number of halogens is 5. The third-order valence-electron chi connectivity index (χ3n) is 3.95. The van der Waals surface area contributed by atoms with Gasteiger partial charge in [0.2, 0.25) is 0 Å². The fourth-order valence-electron chi connectivity index (χ4n) is 2.56. The highest BCUT2D eigenvalue weighted by Crippen LogP contribution is 2.40. The molecular weight excluding hydrogens is 462 g/mol. The predicted molar refractivity (Wildman–Crippen MR) is 106 cm³/mol. The largest absolute Gasteiger partial charge is 0.507 e. The maximum Gasteiger partial charge on any atom is 0.446 e. The Bertz CT molecular complexity index is 924. The molecule has 28 heavy (non-hydrogen) atoms. The number of benzene rings is 2. The Morgan fingerprint density at radius 3 is 2.29 bits per heavy atom. The molecule has 0 saturated heterocycles. The molecule has 2 aromatic rings. The van der Waals surface area contributed by atoms with E-state index in [-0.39, 0.29) is 49.3 Å². The van der Waals surface area contributed by atoms with Crippen LogP contribution in [0.1, 0.15) is 42.3 Å². The fourth-order valence-corrected chi connectivity index (χ4v) is 3.77. The molecule has 2 rings (SSSR count). The number of aromatic hydroxyl groups is 1. The molecule has 1 amide bonds. The van der Waals surface area contributed by atoms with Crippen LogP contribution in [0.4, 0.5) is 23.2 Å². The number of nitrogens with one attached hydrogen (secondary N) is 1. The molecule has 0 heterocycles. The molecule has 0 aromatic heterocycles. The van der Waals surface area contributed by atoms with Crippen LogP contribution in [-0.2, 0) is 5.41 Å². The number of anilines is 1. The van der Waals surface area contributed by atoms with E-state index < -0.39 is 22.6 Å². The number of hydrogen-bond donors (Lipinski definition) is 2. The third-order valence-corrected chi connectivity index (χ3v) is 5.33. The summed E-state index contributed by atoms with van der Waals surface area (Å²) in [4.78, 5) is 12.7. The zero-order valence-corrected chi connectivity index (χ0v) is 17.9. The second-order valence-electron chi connectivity index (χ2n) is 7.15. The van der Waals surface area contributed by atoms with Crippen LogP contribution in [0.3, 0.4) is 0 Å². The molecule has 0 saturated carbocycles. The van der Waals surface area contributed by atoms with Gasteiger partial charge in [-0.15, -0.1) is 0 Å². The maximum absolute atomic E-state index is 14.3. The van der Waals surface area contributed by atoms with Crippen molar-refractivity contribution in [2.45, 2.75) is 43.5 Å². The van der Waals surface area contributed by atoms with Gasteiger partial charge in [-0.1, -0.05) is 20.8 Å². The first-order chi connectivity index (χ1) is 12.7. The van der Waals surface area contributed by atoms with E-state index in [0.717, 1.165) is 0 Å². The zero-order chi connectivity index (χ0) is 21.4. The van der Waals surface area contributed by atoms with Gasteiger partial charge < -0.3 is 10.4 Å². The van der Waals surface area contributed by atoms with Crippen molar-refractivity contribution in [1.29, 1.82) is 0 Å². The number of carbonyl (C=O) groups excluding carboxylic acids is 1. The molecule has 0 atom stereocenters. The summed E-state index contributed by atoms with van der Waals surface area (Å²) < 4.78 is 52.0. The summed E-state index contributed by atoms with van der Waals surface area (Å²) in [6, 6.07) is 4.91. The second-order valence-corrected chi connectivity index (χ2v) is 9.14. The van der Waals surface area contributed by atoms with Crippen LogP contribution in [0.2, 0.25) is 0 Å². The molecule has 152 valence electrons. The molecule has 0 fully saturated rings. The van der Waals surface area contributed by atoms with Crippen molar-refractivity contribution >= 4 is 39.3 Å². The van der Waals surface area contributed by atoms with Crippen LogP contribution in [0.25, 0.3) is 0 Å². The highest BCUT2D eigenvalue weighted by Gasteiger charge is 2.30. The zero-order valence-electron chi connectivity index (χ0n) is 15.5. The summed E-state index contributed by atoms with van der Waals surface area (Å²) in [6.45, 7) is 6.68. The number of thioether (sulfide) groups is 1. The molecule has 9 heteroatoms. The van der Waals surface area contributed by atoms with E-state index in [1.807, 2.05) is 0 Å². The van der Waals surface area contributed by atoms with Crippen molar-refractivity contribution in [2.24, 2.45) is 0 Å². The highest BCUT2D eigenvalue weighted by atomic mass is 79.9. The minimum atomic E-state index is -4.43. The second kappa shape index (κ2) is 7.94. The Morgan fingerprint density at radius 1 is 1.18 bits per heavy atom. The molecule has 0 spiro atoms. The third kappa shape index (κ3) is 5.20. The van der Waals surface area contributed by atoms with Gasteiger partial charge in [0.25, 0.3) is 5.91 Å². The van der Waals surface area contributed by atoms with Gasteiger partial charge in [0.1, 0.15) is 11.6 Å². The lowest BCUT2D eigenvalue weighted by atomic mass is 9.84. The van der Waals surface area contributed by atoms with Gasteiger partial charge in [-0.05, 0) is 64.3 Å². The number of amides is 1. The summed E-state index contributed by atoms with van der Waals surface area (Å²) in [5.74, 6) is -1.73. The van der Waals surface area contributed by atoms with Gasteiger partial charge in [-0.3, -0.25) is 4.79 Å². The quantitative estimate of drug-likeness (QED) is 0.377. The van der Waals surface area contributed by atoms with Crippen molar-refractivity contribution in [1.82, 2.24) is 0 Å². The lowest BCUT2D eigenvalue weighted by Crippen LogP contribution is -2.19. The van der Waals surface area contributed by atoms with Crippen molar-refractivity contribution in [3.8, 4) is 5.75 Å². The number of phenols is 1. The topological polar surface area (TPSA) is 49.3 Å². The van der Waals surface area contributed by atoms with Gasteiger partial charge in [0, 0.05) is 20.5 Å². The molecule has 0 aliphatic heterocycles. The van der Waals surface area contributed by atoms with E-state index in [0.29, 0.717) is 0 Å². The number of carbonyl (C=O) groups is 1. The summed E-state index contributed by atoms with van der Waals surface area (Å²) in [5, 5.41) is 13.1. The van der Waals surface area contributed by atoms with Crippen LogP contribution < -0.4 is 5.32 Å². The standard InChI is InChI=1S/C19H18BrF4NO2S/c1-9-13(21)8-11(18(2,3)4)16(26)15(9)17(27)25-14-6-5-10(7-12(14)20)28-19(22,23)24/h5-8,26H,1-4H3,(H,25,27). The van der Waals surface area contributed by atoms with E-state index in [1.54, 1.807) is 20.8 Å². The Kier molecular flexibility index (Phi) is 6.40. The van der Waals surface area contributed by atoms with Gasteiger partial charge in [-0.25, -0.2) is 4.39 Å². The normalized spacial score (nSPS) is 12.2.